The summed E-state index contributed by atoms with van der Waals surface area (Å²) in [5.74, 6) is 0.319. The molecule has 0 heterocycles. The molecule has 2 nitrogen and oxygen atoms in total. The van der Waals surface area contributed by atoms with E-state index >= 15 is 0 Å². The molecule has 130 valence electrons. The summed E-state index contributed by atoms with van der Waals surface area (Å²) in [5.41, 5.74) is 7.74. The lowest BCUT2D eigenvalue weighted by molar-refractivity contribution is 0.446. The lowest BCUT2D eigenvalue weighted by Crippen LogP contribution is -2.11. The number of hydrogen-bond donors (Lipinski definition) is 1. The molecule has 1 aliphatic carbocycles. The van der Waals surface area contributed by atoms with Crippen molar-refractivity contribution in [2.45, 2.75) is 32.6 Å². The lowest BCUT2D eigenvalue weighted by atomic mass is 9.85. The van der Waals surface area contributed by atoms with Crippen LogP contribution >= 0.6 is 0 Å². The fourth-order valence-corrected chi connectivity index (χ4v) is 3.67. The molecular formula is C24H23NO. The zero-order valence-corrected chi connectivity index (χ0v) is 15.5. The monoisotopic (exact) mass is 341 g/mol. The van der Waals surface area contributed by atoms with Crippen LogP contribution in [0.1, 0.15) is 43.0 Å². The van der Waals surface area contributed by atoms with Crippen molar-refractivity contribution >= 4 is 11.9 Å². The number of nitrogens with zero attached hydrogens (tertiary/aromatic N) is 1. The number of phenolic OH excluding ortho intramolecular Hbond substituents is 1. The van der Waals surface area contributed by atoms with Crippen molar-refractivity contribution in [2.24, 2.45) is 4.99 Å². The van der Waals surface area contributed by atoms with Crippen molar-refractivity contribution in [2.75, 3.05) is 0 Å². The van der Waals surface area contributed by atoms with E-state index in [9.17, 15) is 5.11 Å². The molecule has 2 heteroatoms. The Morgan fingerprint density at radius 1 is 0.885 bits per heavy atom. The minimum absolute atomic E-state index is 0.108. The number of fused-ring (bicyclic) bond motifs is 3. The molecule has 0 amide bonds. The van der Waals surface area contributed by atoms with Gasteiger partial charge in [0.05, 0.1) is 5.69 Å². The second kappa shape index (κ2) is 6.14. The van der Waals surface area contributed by atoms with Crippen molar-refractivity contribution < 1.29 is 5.11 Å². The molecule has 0 spiro atoms. The molecule has 0 saturated heterocycles. The maximum Gasteiger partial charge on any atom is 0.128 e. The number of aliphatic imine (C=N–C) groups is 1. The molecule has 4 rings (SSSR count). The van der Waals surface area contributed by atoms with Gasteiger partial charge in [-0.05, 0) is 45.4 Å². The Labute approximate surface area is 154 Å². The summed E-state index contributed by atoms with van der Waals surface area (Å²) in [4.78, 5) is 4.73. The molecule has 1 N–H and O–H groups in total. The maximum absolute atomic E-state index is 10.6. The summed E-state index contributed by atoms with van der Waals surface area (Å²) in [5, 5.41) is 10.6. The second-order valence-electron chi connectivity index (χ2n) is 7.89. The number of aromatic hydroxyl groups is 1. The van der Waals surface area contributed by atoms with Gasteiger partial charge in [-0.3, -0.25) is 4.99 Å². The lowest BCUT2D eigenvalue weighted by Gasteiger charge is -2.21. The highest BCUT2D eigenvalue weighted by atomic mass is 16.3. The molecular weight excluding hydrogens is 318 g/mol. The normalized spacial score (nSPS) is 13.0. The Kier molecular flexibility index (Phi) is 3.91. The first-order valence-electron chi connectivity index (χ1n) is 9.02. The molecule has 0 saturated carbocycles. The molecule has 3 aromatic carbocycles. The number of rotatable bonds is 2. The van der Waals surface area contributed by atoms with E-state index in [0.717, 1.165) is 23.2 Å². The third-order valence-electron chi connectivity index (χ3n) is 5.04. The Bertz CT molecular complexity index is 1010. The van der Waals surface area contributed by atoms with Gasteiger partial charge in [-0.25, -0.2) is 0 Å². The Balaban J connectivity index is 1.72. The number of hydrogen-bond acceptors (Lipinski definition) is 2. The van der Waals surface area contributed by atoms with Gasteiger partial charge in [-0.1, -0.05) is 69.3 Å². The average molecular weight is 341 g/mol. The van der Waals surface area contributed by atoms with Crippen LogP contribution in [-0.4, -0.2) is 11.3 Å². The largest absolute Gasteiger partial charge is 0.507 e. The molecule has 0 bridgehead atoms. The van der Waals surface area contributed by atoms with E-state index in [1.807, 2.05) is 24.3 Å². The van der Waals surface area contributed by atoms with Gasteiger partial charge in [0, 0.05) is 18.2 Å². The van der Waals surface area contributed by atoms with Gasteiger partial charge in [0.2, 0.25) is 0 Å². The van der Waals surface area contributed by atoms with E-state index in [1.165, 1.54) is 22.3 Å². The van der Waals surface area contributed by atoms with Crippen LogP contribution in [0.3, 0.4) is 0 Å². The predicted octanol–water partition coefficient (Wildman–Crippen LogP) is 6.01. The Morgan fingerprint density at radius 2 is 1.62 bits per heavy atom. The van der Waals surface area contributed by atoms with E-state index in [1.54, 1.807) is 6.21 Å². The standard InChI is InChI=1S/C24H23NO/c1-24(2,3)21-12-6-9-17(23(21)26)15-25-22-13-7-11-19-18-10-5-4-8-16(18)14-20(19)22/h4-13,15,26H,14H2,1-3H3. The molecule has 26 heavy (non-hydrogen) atoms. The van der Waals surface area contributed by atoms with Crippen LogP contribution in [0.15, 0.2) is 65.7 Å². The zero-order valence-electron chi connectivity index (χ0n) is 15.5. The summed E-state index contributed by atoms with van der Waals surface area (Å²) >= 11 is 0. The first-order valence-corrected chi connectivity index (χ1v) is 9.02. The van der Waals surface area contributed by atoms with E-state index in [0.29, 0.717) is 5.75 Å². The van der Waals surface area contributed by atoms with Crippen LogP contribution in [-0.2, 0) is 11.8 Å². The van der Waals surface area contributed by atoms with Gasteiger partial charge in [0.25, 0.3) is 0 Å². The number of para-hydroxylation sites is 1. The van der Waals surface area contributed by atoms with Crippen LogP contribution in [0, 0.1) is 0 Å². The highest BCUT2D eigenvalue weighted by molar-refractivity contribution is 5.88. The molecule has 0 radical (unpaired) electrons. The van der Waals surface area contributed by atoms with Crippen molar-refractivity contribution in [1.29, 1.82) is 0 Å². The highest BCUT2D eigenvalue weighted by Gasteiger charge is 2.21. The average Bonchev–Trinajstić information content (AvgIpc) is 2.99. The molecule has 0 aromatic heterocycles. The molecule has 1 aliphatic rings. The molecule has 0 atom stereocenters. The van der Waals surface area contributed by atoms with Crippen molar-refractivity contribution in [1.82, 2.24) is 0 Å². The fraction of sp³-hybridized carbons (Fsp3) is 0.208. The van der Waals surface area contributed by atoms with E-state index in [-0.39, 0.29) is 5.41 Å². The van der Waals surface area contributed by atoms with Gasteiger partial charge in [-0.2, -0.15) is 0 Å². The zero-order chi connectivity index (χ0) is 18.3. The smallest absolute Gasteiger partial charge is 0.128 e. The van der Waals surface area contributed by atoms with Gasteiger partial charge >= 0.3 is 0 Å². The second-order valence-corrected chi connectivity index (χ2v) is 7.89. The van der Waals surface area contributed by atoms with Crippen LogP contribution in [0.4, 0.5) is 5.69 Å². The Hall–Kier alpha value is -2.87. The van der Waals surface area contributed by atoms with Gasteiger partial charge in [0.15, 0.2) is 0 Å². The van der Waals surface area contributed by atoms with Crippen LogP contribution < -0.4 is 0 Å². The predicted molar refractivity (Wildman–Crippen MR) is 109 cm³/mol. The summed E-state index contributed by atoms with van der Waals surface area (Å²) in [6, 6.07) is 20.7. The van der Waals surface area contributed by atoms with Crippen LogP contribution in [0.2, 0.25) is 0 Å². The quantitative estimate of drug-likeness (QED) is 0.445. The molecule has 3 aromatic rings. The van der Waals surface area contributed by atoms with Gasteiger partial charge in [0.1, 0.15) is 5.75 Å². The summed E-state index contributed by atoms with van der Waals surface area (Å²) in [6.07, 6.45) is 2.69. The van der Waals surface area contributed by atoms with Crippen molar-refractivity contribution in [3.63, 3.8) is 0 Å². The highest BCUT2D eigenvalue weighted by Crippen LogP contribution is 2.41. The summed E-state index contributed by atoms with van der Waals surface area (Å²) in [7, 11) is 0. The van der Waals surface area contributed by atoms with Crippen molar-refractivity contribution in [3.8, 4) is 16.9 Å². The van der Waals surface area contributed by atoms with E-state index in [4.69, 9.17) is 4.99 Å². The summed E-state index contributed by atoms with van der Waals surface area (Å²) < 4.78 is 0. The Morgan fingerprint density at radius 3 is 2.42 bits per heavy atom. The molecule has 0 fully saturated rings. The van der Waals surface area contributed by atoms with E-state index < -0.39 is 0 Å². The fourth-order valence-electron chi connectivity index (χ4n) is 3.67. The first kappa shape index (κ1) is 16.6. The van der Waals surface area contributed by atoms with Crippen LogP contribution in [0.25, 0.3) is 11.1 Å². The van der Waals surface area contributed by atoms with Gasteiger partial charge < -0.3 is 5.11 Å². The van der Waals surface area contributed by atoms with E-state index in [2.05, 4.69) is 57.2 Å². The molecule has 0 unspecified atom stereocenters. The van der Waals surface area contributed by atoms with Crippen LogP contribution in [0.5, 0.6) is 5.75 Å². The SMILES string of the molecule is CC(C)(C)c1cccc(C=Nc2cccc3c2Cc2ccccc2-3)c1O. The van der Waals surface area contributed by atoms with Gasteiger partial charge in [-0.15, -0.1) is 0 Å². The first-order chi connectivity index (χ1) is 12.4. The maximum atomic E-state index is 10.6. The number of benzene rings is 3. The third kappa shape index (κ3) is 2.82. The number of phenols is 1. The van der Waals surface area contributed by atoms with Crippen molar-refractivity contribution in [3.05, 3.63) is 82.9 Å². The minimum atomic E-state index is -0.108. The topological polar surface area (TPSA) is 32.6 Å². The minimum Gasteiger partial charge on any atom is -0.507 e. The summed E-state index contributed by atoms with van der Waals surface area (Å²) in [6.45, 7) is 6.30. The third-order valence-corrected chi connectivity index (χ3v) is 5.04. The molecule has 0 aliphatic heterocycles.